The molecule has 0 spiro atoms. The zero-order valence-corrected chi connectivity index (χ0v) is 18.8. The largest absolute Gasteiger partial charge is 0.466 e. The second-order valence-corrected chi connectivity index (χ2v) is 8.81. The summed E-state index contributed by atoms with van der Waals surface area (Å²) in [6.45, 7) is 6.08. The number of hydrogen-bond acceptors (Lipinski definition) is 5. The number of hydrogen-bond donors (Lipinski definition) is 0. The van der Waals surface area contributed by atoms with Gasteiger partial charge in [-0.25, -0.2) is 9.79 Å². The second-order valence-electron chi connectivity index (χ2n) is 7.81. The highest BCUT2D eigenvalue weighted by Gasteiger charge is 2.32. The molecule has 1 aliphatic rings. The van der Waals surface area contributed by atoms with Gasteiger partial charge in [0.25, 0.3) is 5.56 Å². The number of carbonyl (C=O) groups is 1. The van der Waals surface area contributed by atoms with Crippen LogP contribution >= 0.6 is 11.3 Å². The summed E-state index contributed by atoms with van der Waals surface area (Å²) >= 11 is 1.33. The maximum absolute atomic E-state index is 13.4. The highest BCUT2D eigenvalue weighted by Crippen LogP contribution is 2.30. The van der Waals surface area contributed by atoms with E-state index in [9.17, 15) is 9.59 Å². The van der Waals surface area contributed by atoms with E-state index in [0.29, 0.717) is 26.5 Å². The molecule has 5 nitrogen and oxygen atoms in total. The molecule has 6 heteroatoms. The maximum atomic E-state index is 13.4. The fourth-order valence-corrected chi connectivity index (χ4v) is 4.82. The first-order chi connectivity index (χ1) is 14.9. The van der Waals surface area contributed by atoms with Crippen molar-refractivity contribution in [1.29, 1.82) is 0 Å². The third-order valence-corrected chi connectivity index (χ3v) is 6.43. The van der Waals surface area contributed by atoms with Crippen LogP contribution < -0.4 is 14.9 Å². The number of aromatic nitrogens is 1. The molecule has 4 rings (SSSR count). The molecule has 2 aromatic carbocycles. The van der Waals surface area contributed by atoms with Crippen molar-refractivity contribution < 1.29 is 9.53 Å². The monoisotopic (exact) mass is 432 g/mol. The molecule has 0 aliphatic carbocycles. The summed E-state index contributed by atoms with van der Waals surface area (Å²) in [7, 11) is 1.34. The molecule has 0 saturated heterocycles. The number of rotatable bonds is 4. The van der Waals surface area contributed by atoms with E-state index in [1.165, 1.54) is 24.0 Å². The minimum atomic E-state index is -0.574. The molecule has 2 heterocycles. The Morgan fingerprint density at radius 3 is 2.42 bits per heavy atom. The van der Waals surface area contributed by atoms with Crippen LogP contribution in [0.15, 0.2) is 75.7 Å². The van der Waals surface area contributed by atoms with E-state index in [4.69, 9.17) is 4.74 Å². The Hall–Kier alpha value is -3.25. The Morgan fingerprint density at radius 1 is 1.13 bits per heavy atom. The fourth-order valence-electron chi connectivity index (χ4n) is 3.77. The summed E-state index contributed by atoms with van der Waals surface area (Å²) in [5.41, 5.74) is 3.82. The second kappa shape index (κ2) is 8.47. The van der Waals surface area contributed by atoms with Gasteiger partial charge in [0.15, 0.2) is 4.80 Å². The molecule has 1 aromatic heterocycles. The lowest BCUT2D eigenvalue weighted by Gasteiger charge is -2.24. The van der Waals surface area contributed by atoms with E-state index in [0.717, 1.165) is 11.1 Å². The van der Waals surface area contributed by atoms with Crippen molar-refractivity contribution in [2.24, 2.45) is 4.99 Å². The van der Waals surface area contributed by atoms with Crippen LogP contribution in [-0.4, -0.2) is 17.6 Å². The number of ether oxygens (including phenoxy) is 1. The number of esters is 1. The molecule has 1 aliphatic heterocycles. The van der Waals surface area contributed by atoms with Crippen LogP contribution in [-0.2, 0) is 9.53 Å². The SMILES string of the molecule is COC(=O)C1=C(C)N=c2sc(=Cc3ccc(C(C)C)cc3)c(=O)n2C1c1ccccc1. The minimum Gasteiger partial charge on any atom is -0.466 e. The van der Waals surface area contributed by atoms with Crippen LogP contribution in [0, 0.1) is 0 Å². The van der Waals surface area contributed by atoms with Crippen molar-refractivity contribution in [2.45, 2.75) is 32.7 Å². The van der Waals surface area contributed by atoms with Crippen molar-refractivity contribution in [2.75, 3.05) is 7.11 Å². The van der Waals surface area contributed by atoms with E-state index >= 15 is 0 Å². The van der Waals surface area contributed by atoms with Crippen molar-refractivity contribution in [3.63, 3.8) is 0 Å². The van der Waals surface area contributed by atoms with Crippen LogP contribution in [0.2, 0.25) is 0 Å². The zero-order chi connectivity index (χ0) is 22.1. The van der Waals surface area contributed by atoms with Gasteiger partial charge in [0.2, 0.25) is 0 Å². The third kappa shape index (κ3) is 3.91. The van der Waals surface area contributed by atoms with Gasteiger partial charge in [-0.3, -0.25) is 9.36 Å². The topological polar surface area (TPSA) is 60.7 Å². The van der Waals surface area contributed by atoms with E-state index in [2.05, 4.69) is 31.0 Å². The summed E-state index contributed by atoms with van der Waals surface area (Å²) in [5.74, 6) is -0.0291. The molecule has 0 N–H and O–H groups in total. The van der Waals surface area contributed by atoms with E-state index < -0.39 is 12.0 Å². The van der Waals surface area contributed by atoms with E-state index in [-0.39, 0.29) is 5.56 Å². The molecule has 0 saturated carbocycles. The Bertz CT molecular complexity index is 1330. The lowest BCUT2D eigenvalue weighted by Crippen LogP contribution is -2.39. The van der Waals surface area contributed by atoms with Gasteiger partial charge in [0.1, 0.15) is 0 Å². The molecule has 0 amide bonds. The quantitative estimate of drug-likeness (QED) is 0.593. The summed E-state index contributed by atoms with van der Waals surface area (Å²) in [6, 6.07) is 17.2. The van der Waals surface area contributed by atoms with Crippen molar-refractivity contribution in [3.8, 4) is 0 Å². The summed E-state index contributed by atoms with van der Waals surface area (Å²) in [6.07, 6.45) is 1.88. The third-order valence-electron chi connectivity index (χ3n) is 5.44. The molecule has 158 valence electrons. The number of carbonyl (C=O) groups excluding carboxylic acids is 1. The van der Waals surface area contributed by atoms with Crippen LogP contribution in [0.1, 0.15) is 49.4 Å². The first-order valence-corrected chi connectivity index (χ1v) is 11.0. The molecule has 0 bridgehead atoms. The lowest BCUT2D eigenvalue weighted by molar-refractivity contribution is -0.136. The summed E-state index contributed by atoms with van der Waals surface area (Å²) in [5, 5.41) is 0. The van der Waals surface area contributed by atoms with Gasteiger partial charge in [-0.15, -0.1) is 0 Å². The summed E-state index contributed by atoms with van der Waals surface area (Å²) in [4.78, 5) is 31.2. The number of fused-ring (bicyclic) bond motifs is 1. The molecule has 0 radical (unpaired) electrons. The average molecular weight is 433 g/mol. The van der Waals surface area contributed by atoms with Gasteiger partial charge in [-0.1, -0.05) is 79.8 Å². The number of allylic oxidation sites excluding steroid dienone is 1. The lowest BCUT2D eigenvalue weighted by atomic mass is 9.96. The van der Waals surface area contributed by atoms with Crippen molar-refractivity contribution in [1.82, 2.24) is 4.57 Å². The average Bonchev–Trinajstić information content (AvgIpc) is 3.07. The first kappa shape index (κ1) is 21.0. The Balaban J connectivity index is 1.91. The molecule has 1 unspecified atom stereocenters. The highest BCUT2D eigenvalue weighted by atomic mass is 32.1. The van der Waals surface area contributed by atoms with Gasteiger partial charge in [0, 0.05) is 0 Å². The number of benzene rings is 2. The molecule has 3 aromatic rings. The predicted octanol–water partition coefficient (Wildman–Crippen LogP) is 3.53. The van der Waals surface area contributed by atoms with Gasteiger partial charge in [0.05, 0.1) is 29.0 Å². The molecular formula is C25H24N2O3S. The van der Waals surface area contributed by atoms with E-state index in [1.807, 2.05) is 48.5 Å². The minimum absolute atomic E-state index is 0.167. The number of thiazole rings is 1. The van der Waals surface area contributed by atoms with Crippen LogP contribution in [0.5, 0.6) is 0 Å². The van der Waals surface area contributed by atoms with Crippen LogP contribution in [0.3, 0.4) is 0 Å². The van der Waals surface area contributed by atoms with Crippen LogP contribution in [0.4, 0.5) is 0 Å². The maximum Gasteiger partial charge on any atom is 0.338 e. The van der Waals surface area contributed by atoms with Gasteiger partial charge in [-0.2, -0.15) is 0 Å². The number of methoxy groups -OCH3 is 1. The zero-order valence-electron chi connectivity index (χ0n) is 18.0. The first-order valence-electron chi connectivity index (χ1n) is 10.2. The predicted molar refractivity (Wildman–Crippen MR) is 123 cm³/mol. The Labute approximate surface area is 184 Å². The van der Waals surface area contributed by atoms with Crippen molar-refractivity contribution >= 4 is 23.4 Å². The molecule has 31 heavy (non-hydrogen) atoms. The van der Waals surface area contributed by atoms with Gasteiger partial charge < -0.3 is 4.74 Å². The van der Waals surface area contributed by atoms with Crippen molar-refractivity contribution in [3.05, 3.63) is 102 Å². The van der Waals surface area contributed by atoms with Gasteiger partial charge in [-0.05, 0) is 35.6 Å². The Morgan fingerprint density at radius 2 is 1.81 bits per heavy atom. The molecule has 0 fully saturated rings. The Kier molecular flexibility index (Phi) is 5.74. The highest BCUT2D eigenvalue weighted by molar-refractivity contribution is 7.07. The summed E-state index contributed by atoms with van der Waals surface area (Å²) < 4.78 is 7.21. The molecular weight excluding hydrogens is 408 g/mol. The normalized spacial score (nSPS) is 16.3. The fraction of sp³-hybridized carbons (Fsp3) is 0.240. The standard InChI is InChI=1S/C25H24N2O3S/c1-15(2)18-12-10-17(11-13-18)14-20-23(28)27-22(19-8-6-5-7-9-19)21(24(29)30-4)16(3)26-25(27)31-20/h5-15,22H,1-4H3. The van der Waals surface area contributed by atoms with E-state index in [1.54, 1.807) is 11.5 Å². The van der Waals surface area contributed by atoms with Gasteiger partial charge >= 0.3 is 5.97 Å². The smallest absolute Gasteiger partial charge is 0.338 e. The molecule has 1 atom stereocenters. The van der Waals surface area contributed by atoms with Crippen LogP contribution in [0.25, 0.3) is 6.08 Å². The number of nitrogens with zero attached hydrogens (tertiary/aromatic N) is 2.